The number of hydrogen-bond donors (Lipinski definition) is 1. The fourth-order valence-corrected chi connectivity index (χ4v) is 7.39. The molecule has 1 saturated heterocycles. The monoisotopic (exact) mass is 431 g/mol. The second-order valence-corrected chi connectivity index (χ2v) is 10.9. The Kier molecular flexibility index (Phi) is 4.38. The molecule has 2 spiro atoms. The molecule has 1 aromatic heterocycles. The van der Waals surface area contributed by atoms with Gasteiger partial charge in [-0.1, -0.05) is 25.2 Å². The van der Waals surface area contributed by atoms with Crippen molar-refractivity contribution in [2.45, 2.75) is 69.1 Å². The first kappa shape index (κ1) is 20.4. The van der Waals surface area contributed by atoms with E-state index in [1.807, 2.05) is 12.1 Å². The molecule has 6 rings (SSSR count). The van der Waals surface area contributed by atoms with Crippen molar-refractivity contribution in [3.05, 3.63) is 59.5 Å². The summed E-state index contributed by atoms with van der Waals surface area (Å²) in [5, 5.41) is 3.07. The van der Waals surface area contributed by atoms with Crippen molar-refractivity contribution in [3.8, 4) is 0 Å². The van der Waals surface area contributed by atoms with E-state index in [1.54, 1.807) is 12.4 Å². The van der Waals surface area contributed by atoms with E-state index >= 15 is 0 Å². The van der Waals surface area contributed by atoms with Gasteiger partial charge in [-0.2, -0.15) is 0 Å². The average molecular weight is 432 g/mol. The van der Waals surface area contributed by atoms with E-state index in [2.05, 4.69) is 54.4 Å². The van der Waals surface area contributed by atoms with Crippen LogP contribution in [0.3, 0.4) is 0 Å². The largest absolute Gasteiger partial charge is 0.359 e. The Labute approximate surface area is 190 Å². The van der Waals surface area contributed by atoms with Crippen LogP contribution in [0, 0.1) is 11.3 Å². The van der Waals surface area contributed by atoms with Crippen molar-refractivity contribution in [2.24, 2.45) is 11.3 Å². The van der Waals surface area contributed by atoms with Crippen LogP contribution in [0.15, 0.2) is 59.5 Å². The van der Waals surface area contributed by atoms with E-state index in [4.69, 9.17) is 4.74 Å². The summed E-state index contributed by atoms with van der Waals surface area (Å²) in [5.74, 6) is 0.308. The van der Waals surface area contributed by atoms with Crippen molar-refractivity contribution < 1.29 is 9.53 Å². The Balaban J connectivity index is 1.32. The maximum atomic E-state index is 13.3. The van der Waals surface area contributed by atoms with Crippen molar-refractivity contribution >= 4 is 11.6 Å². The molecule has 5 atom stereocenters. The smallest absolute Gasteiger partial charge is 0.251 e. The SMILES string of the molecule is CN(C)C1CCC2=CC3=CC[C@@]4(C)C(C(=O)Nc5cccnc5)=CC[C@H]4[C@@]34CC[C@]2(C1)O4. The lowest BCUT2D eigenvalue weighted by Gasteiger charge is -2.54. The molecule has 3 aliphatic carbocycles. The maximum Gasteiger partial charge on any atom is 0.251 e. The van der Waals surface area contributed by atoms with Crippen LogP contribution in [0.1, 0.15) is 51.9 Å². The molecule has 2 aliphatic heterocycles. The number of nitrogens with zero attached hydrogens (tertiary/aromatic N) is 2. The second kappa shape index (κ2) is 6.88. The van der Waals surface area contributed by atoms with Gasteiger partial charge in [0.15, 0.2) is 0 Å². The topological polar surface area (TPSA) is 54.5 Å². The number of aromatic nitrogens is 1. The van der Waals surface area contributed by atoms with Gasteiger partial charge in [-0.25, -0.2) is 0 Å². The number of allylic oxidation sites excluding steroid dienone is 2. The number of carbonyl (C=O) groups is 1. The number of amides is 1. The van der Waals surface area contributed by atoms with Crippen molar-refractivity contribution in [3.63, 3.8) is 0 Å². The number of rotatable bonds is 3. The molecule has 168 valence electrons. The molecule has 32 heavy (non-hydrogen) atoms. The molecular formula is C27H33N3O2. The van der Waals surface area contributed by atoms with Crippen molar-refractivity contribution in [1.29, 1.82) is 0 Å². The first-order valence-corrected chi connectivity index (χ1v) is 12.1. The van der Waals surface area contributed by atoms with Crippen LogP contribution < -0.4 is 5.32 Å². The standard InChI is InChI=1S/C27H33N3O2/c1-25-11-10-19-15-18-6-7-21(30(2)3)16-26(18)12-13-27(19,32-26)23(25)9-8-22(25)24(31)29-20-5-4-14-28-17-20/h4-5,8,10,14-15,17,21,23H,6-7,9,11-13,16H2,1-3H3,(H,29,31)/t21?,23-,25+,26-,27-/m1/s1. The van der Waals surface area contributed by atoms with E-state index in [0.29, 0.717) is 12.0 Å². The molecule has 2 fully saturated rings. The average Bonchev–Trinajstić information content (AvgIpc) is 3.29. The van der Waals surface area contributed by atoms with Crippen LogP contribution in [0.25, 0.3) is 0 Å². The summed E-state index contributed by atoms with van der Waals surface area (Å²) >= 11 is 0. The highest BCUT2D eigenvalue weighted by molar-refractivity contribution is 6.05. The van der Waals surface area contributed by atoms with Crippen LogP contribution in [0.5, 0.6) is 0 Å². The van der Waals surface area contributed by atoms with Crippen LogP contribution in [-0.2, 0) is 9.53 Å². The molecule has 0 radical (unpaired) electrons. The van der Waals surface area contributed by atoms with Crippen LogP contribution in [0.2, 0.25) is 0 Å². The molecule has 5 aliphatic rings. The van der Waals surface area contributed by atoms with Crippen LogP contribution in [0.4, 0.5) is 5.69 Å². The predicted molar refractivity (Wildman–Crippen MR) is 125 cm³/mol. The summed E-state index contributed by atoms with van der Waals surface area (Å²) in [6, 6.07) is 4.31. The Bertz CT molecular complexity index is 1060. The fourth-order valence-electron chi connectivity index (χ4n) is 7.39. The third kappa shape index (κ3) is 2.70. The van der Waals surface area contributed by atoms with E-state index in [0.717, 1.165) is 49.8 Å². The van der Waals surface area contributed by atoms with Gasteiger partial charge < -0.3 is 15.0 Å². The number of hydrogen-bond acceptors (Lipinski definition) is 4. The van der Waals surface area contributed by atoms with Crippen LogP contribution in [-0.4, -0.2) is 47.1 Å². The summed E-state index contributed by atoms with van der Waals surface area (Å²) in [5.41, 5.74) is 3.98. The van der Waals surface area contributed by atoms with Crippen LogP contribution >= 0.6 is 0 Å². The minimum atomic E-state index is -0.252. The first-order valence-electron chi connectivity index (χ1n) is 12.1. The second-order valence-electron chi connectivity index (χ2n) is 10.9. The van der Waals surface area contributed by atoms with Gasteiger partial charge >= 0.3 is 0 Å². The van der Waals surface area contributed by atoms with Gasteiger partial charge in [0, 0.05) is 29.1 Å². The number of anilines is 1. The zero-order chi connectivity index (χ0) is 22.1. The summed E-state index contributed by atoms with van der Waals surface area (Å²) < 4.78 is 7.25. The number of pyridine rings is 1. The molecule has 5 heteroatoms. The Morgan fingerprint density at radius 1 is 1.28 bits per heavy atom. The molecule has 3 heterocycles. The molecular weight excluding hydrogens is 398 g/mol. The number of carbonyl (C=O) groups excluding carboxylic acids is 1. The third-order valence-corrected chi connectivity index (χ3v) is 9.14. The van der Waals surface area contributed by atoms with E-state index < -0.39 is 0 Å². The molecule has 1 saturated carbocycles. The molecule has 1 unspecified atom stereocenters. The number of nitrogens with one attached hydrogen (secondary N) is 1. The third-order valence-electron chi connectivity index (χ3n) is 9.14. The highest BCUT2D eigenvalue weighted by Gasteiger charge is 2.65. The van der Waals surface area contributed by atoms with E-state index in [1.165, 1.54) is 17.6 Å². The lowest BCUT2D eigenvalue weighted by molar-refractivity contribution is -0.137. The number of fused-ring (bicyclic) bond motifs is 1. The summed E-state index contributed by atoms with van der Waals surface area (Å²) in [4.78, 5) is 19.8. The van der Waals surface area contributed by atoms with E-state index in [-0.39, 0.29) is 22.5 Å². The molecule has 5 nitrogen and oxygen atoms in total. The predicted octanol–water partition coefficient (Wildman–Crippen LogP) is 4.64. The quantitative estimate of drug-likeness (QED) is 0.757. The van der Waals surface area contributed by atoms with Gasteiger partial charge in [-0.15, -0.1) is 0 Å². The van der Waals surface area contributed by atoms with Gasteiger partial charge in [0.1, 0.15) is 0 Å². The Hall–Kier alpha value is -2.24. The highest BCUT2D eigenvalue weighted by atomic mass is 16.5. The molecule has 1 aromatic rings. The lowest BCUT2D eigenvalue weighted by atomic mass is 9.59. The molecule has 2 bridgehead atoms. The summed E-state index contributed by atoms with van der Waals surface area (Å²) in [6.07, 6.45) is 17.9. The Morgan fingerprint density at radius 3 is 2.94 bits per heavy atom. The molecule has 1 amide bonds. The minimum absolute atomic E-state index is 0.00124. The molecule has 0 aromatic carbocycles. The zero-order valence-corrected chi connectivity index (χ0v) is 19.4. The fraction of sp³-hybridized carbons (Fsp3) is 0.556. The Morgan fingerprint density at radius 2 is 2.16 bits per heavy atom. The van der Waals surface area contributed by atoms with Crippen molar-refractivity contribution in [1.82, 2.24) is 9.88 Å². The van der Waals surface area contributed by atoms with E-state index in [9.17, 15) is 4.79 Å². The normalized spacial score (nSPS) is 39.4. The highest BCUT2D eigenvalue weighted by Crippen LogP contribution is 2.66. The summed E-state index contributed by atoms with van der Waals surface area (Å²) in [7, 11) is 4.39. The molecule has 1 N–H and O–H groups in total. The van der Waals surface area contributed by atoms with Gasteiger partial charge in [0.25, 0.3) is 5.91 Å². The van der Waals surface area contributed by atoms with Gasteiger partial charge in [0.05, 0.1) is 23.1 Å². The van der Waals surface area contributed by atoms with Gasteiger partial charge in [-0.3, -0.25) is 9.78 Å². The minimum Gasteiger partial charge on any atom is -0.359 e. The zero-order valence-electron chi connectivity index (χ0n) is 19.4. The van der Waals surface area contributed by atoms with Gasteiger partial charge in [-0.05, 0) is 82.3 Å². The number of ether oxygens (including phenoxy) is 1. The lowest BCUT2D eigenvalue weighted by Crippen LogP contribution is -2.55. The summed E-state index contributed by atoms with van der Waals surface area (Å²) in [6.45, 7) is 2.28. The first-order chi connectivity index (χ1) is 15.4. The maximum absolute atomic E-state index is 13.3. The van der Waals surface area contributed by atoms with Gasteiger partial charge in [0.2, 0.25) is 0 Å². The van der Waals surface area contributed by atoms with Crippen molar-refractivity contribution in [2.75, 3.05) is 19.4 Å².